The third-order valence-electron chi connectivity index (χ3n) is 1.50. The highest BCUT2D eigenvalue weighted by Crippen LogP contribution is 2.33. The van der Waals surface area contributed by atoms with E-state index in [9.17, 15) is 13.6 Å². The molecular weight excluding hydrogens is 182 g/mol. The van der Waals surface area contributed by atoms with E-state index in [0.29, 0.717) is 0 Å². The first-order valence-corrected chi connectivity index (χ1v) is 3.28. The summed E-state index contributed by atoms with van der Waals surface area (Å²) in [6, 6.07) is 0. The number of aldehydes is 1. The maximum Gasteiger partial charge on any atom is 0.268 e. The van der Waals surface area contributed by atoms with Crippen molar-refractivity contribution in [1.29, 1.82) is 0 Å². The maximum atomic E-state index is 12.3. The first kappa shape index (κ1) is 9.37. The molecule has 13 heavy (non-hydrogen) atoms. The molecule has 0 atom stereocenters. The van der Waals surface area contributed by atoms with Crippen LogP contribution in [0.5, 0.6) is 5.75 Å². The first-order chi connectivity index (χ1) is 6.07. The Morgan fingerprint density at radius 1 is 1.62 bits per heavy atom. The second kappa shape index (κ2) is 3.34. The molecule has 0 bridgehead atoms. The van der Waals surface area contributed by atoms with Gasteiger partial charge in [0, 0.05) is 11.8 Å². The third-order valence-corrected chi connectivity index (χ3v) is 1.50. The van der Waals surface area contributed by atoms with Gasteiger partial charge in [-0.05, 0) is 0 Å². The molecule has 0 spiro atoms. The average Bonchev–Trinajstić information content (AvgIpc) is 2.08. The Morgan fingerprint density at radius 2 is 2.23 bits per heavy atom. The molecular formula is C7H6F2N2O2. The quantitative estimate of drug-likeness (QED) is 0.682. The normalized spacial score (nSPS) is 10.4. The minimum Gasteiger partial charge on any atom is -0.504 e. The third kappa shape index (κ3) is 1.56. The van der Waals surface area contributed by atoms with Crippen molar-refractivity contribution in [2.24, 2.45) is 0 Å². The summed E-state index contributed by atoms with van der Waals surface area (Å²) in [5.74, 6) is -1.25. The summed E-state index contributed by atoms with van der Waals surface area (Å²) in [5.41, 5.74) is 3.94. The first-order valence-electron chi connectivity index (χ1n) is 3.28. The van der Waals surface area contributed by atoms with Gasteiger partial charge in [-0.15, -0.1) is 0 Å². The lowest BCUT2D eigenvalue weighted by Crippen LogP contribution is -2.00. The van der Waals surface area contributed by atoms with E-state index in [1.54, 1.807) is 0 Å². The van der Waals surface area contributed by atoms with Gasteiger partial charge in [-0.1, -0.05) is 0 Å². The van der Waals surface area contributed by atoms with E-state index in [4.69, 9.17) is 10.8 Å². The molecule has 0 saturated carbocycles. The van der Waals surface area contributed by atoms with Crippen LogP contribution >= 0.6 is 0 Å². The number of pyridine rings is 1. The minimum atomic E-state index is -2.95. The standard InChI is InChI=1S/C7H6F2N2O2/c8-6(9)4-3(2-12)1-11-7(10)5(4)13/h1-2,6,13H,(H2,10,11). The van der Waals surface area contributed by atoms with Crippen LogP contribution in [0.3, 0.4) is 0 Å². The molecule has 3 N–H and O–H groups in total. The molecule has 0 aliphatic carbocycles. The van der Waals surface area contributed by atoms with E-state index in [2.05, 4.69) is 4.98 Å². The molecule has 1 rings (SSSR count). The molecule has 4 nitrogen and oxygen atoms in total. The molecule has 0 saturated heterocycles. The van der Waals surface area contributed by atoms with Gasteiger partial charge in [0.05, 0.1) is 5.56 Å². The summed E-state index contributed by atoms with van der Waals surface area (Å²) < 4.78 is 24.5. The highest BCUT2D eigenvalue weighted by molar-refractivity contribution is 5.79. The van der Waals surface area contributed by atoms with Crippen molar-refractivity contribution in [2.45, 2.75) is 6.43 Å². The second-order valence-corrected chi connectivity index (χ2v) is 2.28. The van der Waals surface area contributed by atoms with Crippen LogP contribution < -0.4 is 5.73 Å². The summed E-state index contributed by atoms with van der Waals surface area (Å²) in [6.07, 6.45) is -1.87. The number of anilines is 1. The maximum absolute atomic E-state index is 12.3. The van der Waals surface area contributed by atoms with E-state index in [-0.39, 0.29) is 11.8 Å². The predicted molar refractivity (Wildman–Crippen MR) is 40.7 cm³/mol. The minimum absolute atomic E-state index is 0.188. The molecule has 0 fully saturated rings. The van der Waals surface area contributed by atoms with Crippen LogP contribution in [0, 0.1) is 0 Å². The fourth-order valence-corrected chi connectivity index (χ4v) is 0.868. The van der Waals surface area contributed by atoms with Crippen molar-refractivity contribution in [3.8, 4) is 5.75 Å². The molecule has 0 amide bonds. The smallest absolute Gasteiger partial charge is 0.268 e. The number of hydrogen-bond donors (Lipinski definition) is 2. The molecule has 70 valence electrons. The summed E-state index contributed by atoms with van der Waals surface area (Å²) in [5, 5.41) is 9.05. The van der Waals surface area contributed by atoms with Crippen LogP contribution in [-0.2, 0) is 0 Å². The van der Waals surface area contributed by atoms with Gasteiger partial charge >= 0.3 is 0 Å². The van der Waals surface area contributed by atoms with Gasteiger partial charge < -0.3 is 10.8 Å². The van der Waals surface area contributed by atoms with Crippen molar-refractivity contribution in [2.75, 3.05) is 5.73 Å². The number of hydrogen-bond acceptors (Lipinski definition) is 4. The van der Waals surface area contributed by atoms with E-state index in [1.807, 2.05) is 0 Å². The number of aromatic hydroxyl groups is 1. The van der Waals surface area contributed by atoms with Crippen LogP contribution in [0.15, 0.2) is 6.20 Å². The van der Waals surface area contributed by atoms with Gasteiger partial charge in [0.1, 0.15) is 0 Å². The average molecular weight is 188 g/mol. The van der Waals surface area contributed by atoms with E-state index in [0.717, 1.165) is 6.20 Å². The number of nitrogen functional groups attached to an aromatic ring is 1. The highest BCUT2D eigenvalue weighted by atomic mass is 19.3. The van der Waals surface area contributed by atoms with Crippen LogP contribution in [0.1, 0.15) is 22.3 Å². The molecule has 0 aromatic carbocycles. The Bertz CT molecular complexity index is 342. The Morgan fingerprint density at radius 3 is 2.69 bits per heavy atom. The lowest BCUT2D eigenvalue weighted by molar-refractivity contribution is 0.110. The Kier molecular flexibility index (Phi) is 2.41. The summed E-state index contributed by atoms with van der Waals surface area (Å²) in [6.45, 7) is 0. The van der Waals surface area contributed by atoms with Gasteiger partial charge in [0.25, 0.3) is 6.43 Å². The number of nitrogens with zero attached hydrogens (tertiary/aromatic N) is 1. The molecule has 0 aliphatic rings. The summed E-state index contributed by atoms with van der Waals surface area (Å²) in [7, 11) is 0. The van der Waals surface area contributed by atoms with Gasteiger partial charge in [0.2, 0.25) is 0 Å². The fourth-order valence-electron chi connectivity index (χ4n) is 0.868. The van der Waals surface area contributed by atoms with Gasteiger partial charge in [-0.2, -0.15) is 0 Å². The Balaban J connectivity index is 3.41. The van der Waals surface area contributed by atoms with E-state index < -0.39 is 23.6 Å². The molecule has 0 aliphatic heterocycles. The number of carbonyl (C=O) groups excluding carboxylic acids is 1. The van der Waals surface area contributed by atoms with Crippen molar-refractivity contribution in [3.05, 3.63) is 17.3 Å². The molecule has 1 heterocycles. The predicted octanol–water partition coefficient (Wildman–Crippen LogP) is 1.12. The highest BCUT2D eigenvalue weighted by Gasteiger charge is 2.20. The zero-order chi connectivity index (χ0) is 10.0. The fraction of sp³-hybridized carbons (Fsp3) is 0.143. The lowest BCUT2D eigenvalue weighted by Gasteiger charge is -2.06. The van der Waals surface area contributed by atoms with Crippen molar-refractivity contribution in [3.63, 3.8) is 0 Å². The second-order valence-electron chi connectivity index (χ2n) is 2.28. The number of rotatable bonds is 2. The number of alkyl halides is 2. The van der Waals surface area contributed by atoms with Gasteiger partial charge in [0.15, 0.2) is 17.9 Å². The number of halogens is 2. The topological polar surface area (TPSA) is 76.2 Å². The summed E-state index contributed by atoms with van der Waals surface area (Å²) in [4.78, 5) is 13.6. The van der Waals surface area contributed by atoms with Crippen LogP contribution in [0.2, 0.25) is 0 Å². The number of nitrogens with two attached hydrogens (primary N) is 1. The largest absolute Gasteiger partial charge is 0.504 e. The van der Waals surface area contributed by atoms with E-state index >= 15 is 0 Å². The van der Waals surface area contributed by atoms with Crippen LogP contribution in [0.25, 0.3) is 0 Å². The summed E-state index contributed by atoms with van der Waals surface area (Å²) >= 11 is 0. The van der Waals surface area contributed by atoms with Crippen LogP contribution in [0.4, 0.5) is 14.6 Å². The van der Waals surface area contributed by atoms with Crippen LogP contribution in [-0.4, -0.2) is 16.4 Å². The van der Waals surface area contributed by atoms with Crippen molar-refractivity contribution >= 4 is 12.1 Å². The molecule has 6 heteroatoms. The zero-order valence-corrected chi connectivity index (χ0v) is 6.37. The molecule has 0 unspecified atom stereocenters. The molecule has 0 radical (unpaired) electrons. The number of carbonyl (C=O) groups is 1. The zero-order valence-electron chi connectivity index (χ0n) is 6.37. The Hall–Kier alpha value is -1.72. The molecule has 1 aromatic rings. The lowest BCUT2D eigenvalue weighted by atomic mass is 10.1. The van der Waals surface area contributed by atoms with Crippen molar-refractivity contribution in [1.82, 2.24) is 4.98 Å². The van der Waals surface area contributed by atoms with Gasteiger partial charge in [-0.3, -0.25) is 4.79 Å². The SMILES string of the molecule is Nc1ncc(C=O)c(C(F)F)c1O. The Labute approximate surface area is 72.0 Å². The number of aromatic nitrogens is 1. The monoisotopic (exact) mass is 188 g/mol. The van der Waals surface area contributed by atoms with E-state index in [1.165, 1.54) is 0 Å². The van der Waals surface area contributed by atoms with Crippen molar-refractivity contribution < 1.29 is 18.7 Å². The van der Waals surface area contributed by atoms with Gasteiger partial charge in [-0.25, -0.2) is 13.8 Å². The molecule has 1 aromatic heterocycles.